The number of thiophene rings is 1. The monoisotopic (exact) mass is 410 g/mol. The summed E-state index contributed by atoms with van der Waals surface area (Å²) in [6.07, 6.45) is 5.86. The summed E-state index contributed by atoms with van der Waals surface area (Å²) < 4.78 is 27.1. The van der Waals surface area contributed by atoms with Crippen LogP contribution in [0.1, 0.15) is 24.1 Å². The molecule has 0 aliphatic carbocycles. The highest BCUT2D eigenvalue weighted by Gasteiger charge is 2.28. The highest BCUT2D eigenvalue weighted by atomic mass is 35.5. The molecule has 1 amide bonds. The number of carbonyl (C=O) groups is 1. The Balaban J connectivity index is 1.78. The van der Waals surface area contributed by atoms with Gasteiger partial charge in [0.05, 0.1) is 5.02 Å². The van der Waals surface area contributed by atoms with Crippen LogP contribution in [0.5, 0.6) is 0 Å². The van der Waals surface area contributed by atoms with Gasteiger partial charge in [-0.3, -0.25) is 4.79 Å². The summed E-state index contributed by atoms with van der Waals surface area (Å²) in [5.74, 6) is -0.331. The summed E-state index contributed by atoms with van der Waals surface area (Å²) in [5, 5.41) is 4.76. The normalized spacial score (nSPS) is 16.0. The van der Waals surface area contributed by atoms with Crippen molar-refractivity contribution in [2.75, 3.05) is 18.4 Å². The number of carbonyl (C=O) groups excluding carboxylic acids is 1. The van der Waals surface area contributed by atoms with Gasteiger partial charge in [0.2, 0.25) is 15.9 Å². The largest absolute Gasteiger partial charge is 0.322 e. The molecule has 0 spiro atoms. The van der Waals surface area contributed by atoms with Gasteiger partial charge in [-0.1, -0.05) is 24.1 Å². The lowest BCUT2D eigenvalue weighted by molar-refractivity contribution is -0.111. The fraction of sp³-hybridized carbons (Fsp3) is 0.278. The minimum Gasteiger partial charge on any atom is -0.322 e. The maximum Gasteiger partial charge on any atom is 0.248 e. The topological polar surface area (TPSA) is 66.5 Å². The Morgan fingerprint density at radius 2 is 1.96 bits per heavy atom. The summed E-state index contributed by atoms with van der Waals surface area (Å²) in [5.41, 5.74) is 0.394. The summed E-state index contributed by atoms with van der Waals surface area (Å²) in [7, 11) is -3.67. The quantitative estimate of drug-likeness (QED) is 0.750. The van der Waals surface area contributed by atoms with Gasteiger partial charge in [-0.15, -0.1) is 11.3 Å². The molecular weight excluding hydrogens is 392 g/mol. The van der Waals surface area contributed by atoms with Crippen LogP contribution in [0, 0.1) is 0 Å². The predicted octanol–water partition coefficient (Wildman–Crippen LogP) is 4.23. The SMILES string of the molecule is O=C(/C=C/c1cccs1)Nc1ccc(Cl)c(S(=O)(=O)N2CCCCC2)c1. The first-order chi connectivity index (χ1) is 12.5. The maximum absolute atomic E-state index is 12.8. The van der Waals surface area contributed by atoms with Gasteiger partial charge >= 0.3 is 0 Å². The lowest BCUT2D eigenvalue weighted by Crippen LogP contribution is -2.35. The van der Waals surface area contributed by atoms with Crippen molar-refractivity contribution in [3.8, 4) is 0 Å². The number of anilines is 1. The average molecular weight is 411 g/mol. The molecule has 1 aromatic carbocycles. The van der Waals surface area contributed by atoms with E-state index in [9.17, 15) is 13.2 Å². The van der Waals surface area contributed by atoms with Crippen molar-refractivity contribution < 1.29 is 13.2 Å². The van der Waals surface area contributed by atoms with Gasteiger partial charge in [0.15, 0.2) is 0 Å². The second-order valence-electron chi connectivity index (χ2n) is 5.95. The van der Waals surface area contributed by atoms with Crippen LogP contribution in [0.4, 0.5) is 5.69 Å². The number of rotatable bonds is 5. The Labute approximate surface area is 162 Å². The molecule has 138 valence electrons. The molecule has 8 heteroatoms. The number of amides is 1. The zero-order valence-corrected chi connectivity index (χ0v) is 16.4. The summed E-state index contributed by atoms with van der Waals surface area (Å²) in [6, 6.07) is 8.31. The second-order valence-corrected chi connectivity index (χ2v) is 9.24. The lowest BCUT2D eigenvalue weighted by atomic mass is 10.2. The molecule has 0 saturated carbocycles. The van der Waals surface area contributed by atoms with Crippen LogP contribution in [-0.4, -0.2) is 31.7 Å². The van der Waals surface area contributed by atoms with Crippen molar-refractivity contribution in [3.05, 3.63) is 51.7 Å². The molecule has 1 N–H and O–H groups in total. The number of nitrogens with one attached hydrogen (secondary N) is 1. The van der Waals surface area contributed by atoms with E-state index in [1.165, 1.54) is 33.9 Å². The van der Waals surface area contributed by atoms with Crippen molar-refractivity contribution in [1.82, 2.24) is 4.31 Å². The van der Waals surface area contributed by atoms with Gasteiger partial charge in [-0.25, -0.2) is 8.42 Å². The van der Waals surface area contributed by atoms with Gasteiger partial charge in [0.1, 0.15) is 4.90 Å². The van der Waals surface area contributed by atoms with E-state index >= 15 is 0 Å². The summed E-state index contributed by atoms with van der Waals surface area (Å²) in [4.78, 5) is 13.1. The number of benzene rings is 1. The lowest BCUT2D eigenvalue weighted by Gasteiger charge is -2.26. The standard InChI is InChI=1S/C18H19ClN2O3S2/c19-16-8-6-14(20-18(22)9-7-15-5-4-12-25-15)13-17(16)26(23,24)21-10-2-1-3-11-21/h4-9,12-13H,1-3,10-11H2,(H,20,22)/b9-7+. The van der Waals surface area contributed by atoms with Gasteiger partial charge in [0.25, 0.3) is 0 Å². The van der Waals surface area contributed by atoms with Crippen molar-refractivity contribution in [2.45, 2.75) is 24.2 Å². The fourth-order valence-corrected chi connectivity index (χ4v) is 5.39. The van der Waals surface area contributed by atoms with Crippen molar-refractivity contribution in [2.24, 2.45) is 0 Å². The highest BCUT2D eigenvalue weighted by Crippen LogP contribution is 2.29. The minimum atomic E-state index is -3.67. The molecule has 26 heavy (non-hydrogen) atoms. The van der Waals surface area contributed by atoms with Crippen LogP contribution >= 0.6 is 22.9 Å². The van der Waals surface area contributed by atoms with Gasteiger partial charge in [0, 0.05) is 29.7 Å². The molecule has 2 heterocycles. The molecule has 1 aromatic heterocycles. The molecule has 0 unspecified atom stereocenters. The first-order valence-corrected chi connectivity index (χ1v) is 11.0. The minimum absolute atomic E-state index is 0.0288. The Hall–Kier alpha value is -1.67. The Morgan fingerprint density at radius 1 is 1.19 bits per heavy atom. The Kier molecular flexibility index (Phi) is 6.13. The third-order valence-electron chi connectivity index (χ3n) is 4.07. The van der Waals surface area contributed by atoms with Crippen LogP contribution in [0.2, 0.25) is 5.02 Å². The highest BCUT2D eigenvalue weighted by molar-refractivity contribution is 7.89. The molecule has 1 saturated heterocycles. The third-order valence-corrected chi connectivity index (χ3v) is 7.29. The van der Waals surface area contributed by atoms with Crippen LogP contribution in [0.3, 0.4) is 0 Å². The Bertz CT molecular complexity index is 903. The van der Waals surface area contributed by atoms with Gasteiger partial charge in [-0.05, 0) is 48.6 Å². The van der Waals surface area contributed by atoms with Crippen molar-refractivity contribution in [3.63, 3.8) is 0 Å². The maximum atomic E-state index is 12.8. The number of piperidine rings is 1. The molecule has 5 nitrogen and oxygen atoms in total. The van der Waals surface area contributed by atoms with E-state index in [1.807, 2.05) is 17.5 Å². The molecule has 0 radical (unpaired) electrons. The van der Waals surface area contributed by atoms with E-state index in [0.717, 1.165) is 24.1 Å². The van der Waals surface area contributed by atoms with Gasteiger partial charge < -0.3 is 5.32 Å². The average Bonchev–Trinajstić information content (AvgIpc) is 3.16. The van der Waals surface area contributed by atoms with Gasteiger partial charge in [-0.2, -0.15) is 4.31 Å². The van der Waals surface area contributed by atoms with E-state index in [1.54, 1.807) is 12.1 Å². The molecule has 2 aromatic rings. The first-order valence-electron chi connectivity index (χ1n) is 8.29. The zero-order valence-electron chi connectivity index (χ0n) is 14.0. The number of hydrogen-bond donors (Lipinski definition) is 1. The van der Waals surface area contributed by atoms with Crippen LogP contribution in [-0.2, 0) is 14.8 Å². The fourth-order valence-electron chi connectivity index (χ4n) is 2.75. The molecule has 0 bridgehead atoms. The van der Waals surface area contributed by atoms with Crippen LogP contribution in [0.25, 0.3) is 6.08 Å². The number of halogens is 1. The summed E-state index contributed by atoms with van der Waals surface area (Å²) >= 11 is 7.66. The summed E-state index contributed by atoms with van der Waals surface area (Å²) in [6.45, 7) is 0.998. The number of hydrogen-bond acceptors (Lipinski definition) is 4. The third kappa shape index (κ3) is 4.54. The van der Waals surface area contributed by atoms with E-state index in [0.29, 0.717) is 18.8 Å². The molecule has 1 aliphatic heterocycles. The van der Waals surface area contributed by atoms with E-state index in [-0.39, 0.29) is 15.8 Å². The molecule has 1 aliphatic rings. The predicted molar refractivity (Wildman–Crippen MR) is 106 cm³/mol. The smallest absolute Gasteiger partial charge is 0.248 e. The van der Waals surface area contributed by atoms with Crippen molar-refractivity contribution >= 4 is 50.6 Å². The number of nitrogens with zero attached hydrogens (tertiary/aromatic N) is 1. The van der Waals surface area contributed by atoms with E-state index in [4.69, 9.17) is 11.6 Å². The van der Waals surface area contributed by atoms with E-state index < -0.39 is 10.0 Å². The van der Waals surface area contributed by atoms with Crippen LogP contribution < -0.4 is 5.32 Å². The second kappa shape index (κ2) is 8.35. The van der Waals surface area contributed by atoms with Crippen LogP contribution in [0.15, 0.2) is 46.7 Å². The molecule has 3 rings (SSSR count). The number of sulfonamides is 1. The molecule has 1 fully saturated rings. The van der Waals surface area contributed by atoms with Crippen molar-refractivity contribution in [1.29, 1.82) is 0 Å². The first kappa shape index (κ1) is 19.1. The molecule has 0 atom stereocenters. The van der Waals surface area contributed by atoms with E-state index in [2.05, 4.69) is 5.32 Å². The molecular formula is C18H19ClN2O3S2. The Morgan fingerprint density at radius 3 is 2.65 bits per heavy atom. The zero-order chi connectivity index (χ0) is 18.6.